The molecule has 0 spiro atoms. The molecule has 15 nitrogen and oxygen atoms in total. The van der Waals surface area contributed by atoms with Crippen LogP contribution in [-0.2, 0) is 27.5 Å². The highest BCUT2D eigenvalue weighted by Crippen LogP contribution is 2.48. The van der Waals surface area contributed by atoms with Crippen molar-refractivity contribution in [2.45, 2.75) is 52.4 Å². The molecule has 0 aliphatic carbocycles. The summed E-state index contributed by atoms with van der Waals surface area (Å²) in [6.45, 7) is 11.4. The molecule has 2 N–H and O–H groups in total. The fraction of sp³-hybridized carbons (Fsp3) is 0.209. The summed E-state index contributed by atoms with van der Waals surface area (Å²) in [5.41, 5.74) is 7.96. The minimum Gasteiger partial charge on any atom is -0.360 e. The van der Waals surface area contributed by atoms with Crippen LogP contribution in [0.3, 0.4) is 0 Å². The van der Waals surface area contributed by atoms with Crippen LogP contribution in [0.25, 0.3) is 44.5 Å². The number of pyridine rings is 1. The molecule has 8 aromatic rings. The Morgan fingerprint density at radius 1 is 0.603 bits per heavy atom. The van der Waals surface area contributed by atoms with Gasteiger partial charge >= 0.3 is 5.69 Å². The summed E-state index contributed by atoms with van der Waals surface area (Å²) < 4.78 is 1.38. The Labute approximate surface area is 331 Å². The number of aryl methyl sites for hydroxylation is 3. The number of nitrogens with zero attached hydrogens (tertiary/aromatic N) is 10. The average Bonchev–Trinajstić information content (AvgIpc) is 3.91. The van der Waals surface area contributed by atoms with Gasteiger partial charge in [-0.05, 0) is 82.0 Å². The van der Waals surface area contributed by atoms with Crippen molar-refractivity contribution in [3.63, 3.8) is 0 Å². The van der Waals surface area contributed by atoms with Crippen molar-refractivity contribution in [2.75, 3.05) is 9.80 Å². The van der Waals surface area contributed by atoms with Crippen molar-refractivity contribution in [3.8, 4) is 22.3 Å². The molecule has 2 amide bonds. The third-order valence-corrected chi connectivity index (χ3v) is 11.0. The van der Waals surface area contributed by atoms with Crippen LogP contribution in [0.1, 0.15) is 50.5 Å². The average molecular weight is 771 g/mol. The number of hydrogen-bond donors (Lipinski definition) is 2. The monoisotopic (exact) mass is 770 g/mol. The summed E-state index contributed by atoms with van der Waals surface area (Å²) in [5, 5.41) is 0.969. The zero-order chi connectivity index (χ0) is 40.7. The van der Waals surface area contributed by atoms with Crippen LogP contribution < -0.4 is 15.5 Å². The maximum absolute atomic E-state index is 13.4. The highest BCUT2D eigenvalue weighted by Gasteiger charge is 2.46. The maximum Gasteiger partial charge on any atom is 0.328 e. The van der Waals surface area contributed by atoms with E-state index in [0.29, 0.717) is 22.9 Å². The largest absolute Gasteiger partial charge is 0.360 e. The molecule has 6 aromatic heterocycles. The van der Waals surface area contributed by atoms with Crippen molar-refractivity contribution in [1.82, 2.24) is 49.4 Å². The molecule has 0 radical (unpaired) electrons. The molecule has 2 aliphatic heterocycles. The molecule has 0 bridgehead atoms. The summed E-state index contributed by atoms with van der Waals surface area (Å²) >= 11 is 0. The molecule has 10 rings (SSSR count). The third-order valence-electron chi connectivity index (χ3n) is 11.0. The Morgan fingerprint density at radius 3 is 1.74 bits per heavy atom. The van der Waals surface area contributed by atoms with Gasteiger partial charge < -0.3 is 4.98 Å². The fourth-order valence-corrected chi connectivity index (χ4v) is 7.64. The van der Waals surface area contributed by atoms with Gasteiger partial charge in [-0.1, -0.05) is 24.3 Å². The maximum atomic E-state index is 13.4. The van der Waals surface area contributed by atoms with Gasteiger partial charge in [0.25, 0.3) is 0 Å². The summed E-state index contributed by atoms with van der Waals surface area (Å²) in [6.07, 6.45) is 14.0. The lowest BCUT2D eigenvalue weighted by Gasteiger charge is -2.21. The van der Waals surface area contributed by atoms with Crippen molar-refractivity contribution < 1.29 is 9.59 Å². The zero-order valence-electron chi connectivity index (χ0n) is 32.9. The Bertz CT molecular complexity index is 3020. The highest BCUT2D eigenvalue weighted by molar-refractivity contribution is 6.16. The number of nitrogens with one attached hydrogen (secondary N) is 2. The molecule has 0 atom stereocenters. The number of carbonyl (C=O) groups excluding carboxylic acids is 2. The standard InChI is InChI=1S/C22H19N5O.C21H19N7O2/c1-13-25-9-15(10-26-13)14-4-5-17-19(8-14)27(21(28)22(17,2)3)20-12-23-11-18-16(20)6-7-24-18;1-11-22-8-13(9-23-11)12-5-6-14-15(7-12)28(19(29)21(14,2)3)16-10-24-18-17(25-16)26-20(30)27(18)4/h4-12,24H,1-3H3;5-10H,1-4H3,(H,25,26,30). The number of hydrogen-bond acceptors (Lipinski definition) is 10. The van der Waals surface area contributed by atoms with E-state index in [4.69, 9.17) is 0 Å². The second-order valence-corrected chi connectivity index (χ2v) is 15.5. The van der Waals surface area contributed by atoms with E-state index < -0.39 is 10.8 Å². The molecule has 2 aromatic carbocycles. The molecule has 0 unspecified atom stereocenters. The van der Waals surface area contributed by atoms with E-state index in [1.54, 1.807) is 41.6 Å². The van der Waals surface area contributed by atoms with Crippen LogP contribution in [0.4, 0.5) is 22.9 Å². The normalized spacial score (nSPS) is 15.2. The lowest BCUT2D eigenvalue weighted by Crippen LogP contribution is -2.33. The lowest BCUT2D eigenvalue weighted by molar-refractivity contribution is -0.122. The van der Waals surface area contributed by atoms with Crippen LogP contribution >= 0.6 is 0 Å². The number of amides is 2. The number of rotatable bonds is 4. The fourth-order valence-electron chi connectivity index (χ4n) is 7.64. The van der Waals surface area contributed by atoms with E-state index in [2.05, 4.69) is 44.9 Å². The molecule has 15 heteroatoms. The molecule has 0 saturated heterocycles. The van der Waals surface area contributed by atoms with Gasteiger partial charge in [-0.2, -0.15) is 0 Å². The summed E-state index contributed by atoms with van der Waals surface area (Å²) in [7, 11) is 1.62. The predicted octanol–water partition coefficient (Wildman–Crippen LogP) is 6.66. The van der Waals surface area contributed by atoms with Crippen LogP contribution in [0.15, 0.2) is 96.8 Å². The number of carbonyl (C=O) groups is 2. The topological polar surface area (TPSA) is 184 Å². The number of benzene rings is 2. The number of anilines is 4. The molecule has 2 aliphatic rings. The van der Waals surface area contributed by atoms with Gasteiger partial charge in [-0.25, -0.2) is 34.7 Å². The number of aromatic nitrogens is 10. The van der Waals surface area contributed by atoms with Gasteiger partial charge in [-0.3, -0.25) is 33.9 Å². The quantitative estimate of drug-likeness (QED) is 0.196. The summed E-state index contributed by atoms with van der Waals surface area (Å²) in [6, 6.07) is 13.9. The lowest BCUT2D eigenvalue weighted by atomic mass is 9.85. The summed E-state index contributed by atoms with van der Waals surface area (Å²) in [4.78, 5) is 78.1. The first kappa shape index (κ1) is 36.2. The van der Waals surface area contributed by atoms with Gasteiger partial charge in [0.2, 0.25) is 11.8 Å². The van der Waals surface area contributed by atoms with E-state index >= 15 is 0 Å². The molecule has 0 saturated carbocycles. The van der Waals surface area contributed by atoms with Crippen molar-refractivity contribution in [1.29, 1.82) is 0 Å². The molecule has 8 heterocycles. The van der Waals surface area contributed by atoms with Gasteiger partial charge in [-0.15, -0.1) is 0 Å². The van der Waals surface area contributed by atoms with Gasteiger partial charge in [0.15, 0.2) is 17.1 Å². The minimum absolute atomic E-state index is 0.0373. The van der Waals surface area contributed by atoms with Crippen molar-refractivity contribution in [3.05, 3.63) is 125 Å². The van der Waals surface area contributed by atoms with Gasteiger partial charge in [0.05, 0.1) is 52.0 Å². The molecule has 0 fully saturated rings. The third kappa shape index (κ3) is 5.64. The first-order valence-electron chi connectivity index (χ1n) is 18.6. The predicted molar refractivity (Wildman–Crippen MR) is 220 cm³/mol. The molecule has 288 valence electrons. The highest BCUT2D eigenvalue weighted by atomic mass is 16.2. The second kappa shape index (κ2) is 13.1. The van der Waals surface area contributed by atoms with E-state index in [1.807, 2.05) is 103 Å². The van der Waals surface area contributed by atoms with Crippen LogP contribution in [0, 0.1) is 13.8 Å². The van der Waals surface area contributed by atoms with Gasteiger partial charge in [0, 0.05) is 54.5 Å². The summed E-state index contributed by atoms with van der Waals surface area (Å²) in [5.74, 6) is 1.71. The molecular weight excluding hydrogens is 733 g/mol. The van der Waals surface area contributed by atoms with E-state index in [1.165, 1.54) is 10.8 Å². The molecule has 58 heavy (non-hydrogen) atoms. The number of imidazole rings is 1. The Balaban J connectivity index is 0.000000151. The van der Waals surface area contributed by atoms with E-state index in [-0.39, 0.29) is 17.5 Å². The Morgan fingerprint density at radius 2 is 1.16 bits per heavy atom. The number of aromatic amines is 2. The Kier molecular flexibility index (Phi) is 8.17. The van der Waals surface area contributed by atoms with Crippen LogP contribution in [-0.4, -0.2) is 61.2 Å². The molecular formula is C43H38N12O3. The minimum atomic E-state index is -0.724. The van der Waals surface area contributed by atoms with E-state index in [0.717, 1.165) is 67.2 Å². The van der Waals surface area contributed by atoms with E-state index in [9.17, 15) is 14.4 Å². The van der Waals surface area contributed by atoms with Crippen LogP contribution in [0.2, 0.25) is 0 Å². The number of H-pyrrole nitrogens is 2. The first-order valence-corrected chi connectivity index (χ1v) is 18.6. The Hall–Kier alpha value is -7.42. The first-order chi connectivity index (χ1) is 27.7. The van der Waals surface area contributed by atoms with Gasteiger partial charge in [0.1, 0.15) is 11.6 Å². The smallest absolute Gasteiger partial charge is 0.328 e. The second-order valence-electron chi connectivity index (χ2n) is 15.5. The number of fused-ring (bicyclic) bond motifs is 4. The zero-order valence-corrected chi connectivity index (χ0v) is 32.9. The van der Waals surface area contributed by atoms with Crippen LogP contribution in [0.5, 0.6) is 0 Å². The van der Waals surface area contributed by atoms with Crippen molar-refractivity contribution in [2.24, 2.45) is 7.05 Å². The SMILES string of the molecule is Cc1ncc(-c2ccc3c(c2)N(c2cnc4c(n2)[nH]c(=O)n4C)C(=O)C3(C)C)cn1.Cc1ncc(-c2ccc3c(c2)N(c2cncc4[nH]ccc24)C(=O)C3(C)C)cn1. The van der Waals surface area contributed by atoms with Crippen molar-refractivity contribution >= 4 is 56.9 Å².